The number of aldehydes is 1. The van der Waals surface area contributed by atoms with Crippen LogP contribution in [0.4, 0.5) is 0 Å². The van der Waals surface area contributed by atoms with Gasteiger partial charge in [-0.1, -0.05) is 50.2 Å². The van der Waals surface area contributed by atoms with Crippen molar-refractivity contribution in [3.8, 4) is 11.1 Å². The summed E-state index contributed by atoms with van der Waals surface area (Å²) in [4.78, 5) is 11.0. The molecular formula is C17H18O. The van der Waals surface area contributed by atoms with Crippen molar-refractivity contribution in [2.45, 2.75) is 26.7 Å². The van der Waals surface area contributed by atoms with Crippen LogP contribution < -0.4 is 0 Å². The molecule has 92 valence electrons. The SMILES string of the molecule is Cc1ccc(-c2cccc(C(C)C)c2)cc1C=O. The number of carbonyl (C=O) groups is 1. The second kappa shape index (κ2) is 5.18. The maximum atomic E-state index is 11.0. The molecule has 2 rings (SSSR count). The van der Waals surface area contributed by atoms with Crippen LogP contribution in [0.3, 0.4) is 0 Å². The van der Waals surface area contributed by atoms with E-state index in [2.05, 4.69) is 44.2 Å². The van der Waals surface area contributed by atoms with Gasteiger partial charge in [-0.25, -0.2) is 0 Å². The fourth-order valence-electron chi connectivity index (χ4n) is 2.02. The summed E-state index contributed by atoms with van der Waals surface area (Å²) in [5.74, 6) is 0.515. The Kier molecular flexibility index (Phi) is 3.61. The highest BCUT2D eigenvalue weighted by atomic mass is 16.1. The molecular weight excluding hydrogens is 220 g/mol. The van der Waals surface area contributed by atoms with Gasteiger partial charge in [0.05, 0.1) is 0 Å². The number of aryl methyl sites for hydroxylation is 1. The first-order chi connectivity index (χ1) is 8.61. The number of benzene rings is 2. The lowest BCUT2D eigenvalue weighted by atomic mass is 9.96. The van der Waals surface area contributed by atoms with Crippen LogP contribution in [0, 0.1) is 6.92 Å². The minimum absolute atomic E-state index is 0.515. The number of hydrogen-bond acceptors (Lipinski definition) is 1. The smallest absolute Gasteiger partial charge is 0.150 e. The lowest BCUT2D eigenvalue weighted by Gasteiger charge is -2.09. The molecule has 1 nitrogen and oxygen atoms in total. The van der Waals surface area contributed by atoms with E-state index in [-0.39, 0.29) is 0 Å². The molecule has 0 atom stereocenters. The molecule has 0 spiro atoms. The van der Waals surface area contributed by atoms with Crippen molar-refractivity contribution in [2.75, 3.05) is 0 Å². The van der Waals surface area contributed by atoms with Crippen molar-refractivity contribution >= 4 is 6.29 Å². The van der Waals surface area contributed by atoms with Crippen molar-refractivity contribution in [3.05, 3.63) is 59.2 Å². The highest BCUT2D eigenvalue weighted by Gasteiger charge is 2.04. The van der Waals surface area contributed by atoms with Crippen LogP contribution in [0.15, 0.2) is 42.5 Å². The molecule has 0 aliphatic carbocycles. The summed E-state index contributed by atoms with van der Waals surface area (Å²) in [6.45, 7) is 6.33. The molecule has 0 amide bonds. The van der Waals surface area contributed by atoms with E-state index in [1.165, 1.54) is 11.1 Å². The molecule has 1 heteroatoms. The number of hydrogen-bond donors (Lipinski definition) is 0. The summed E-state index contributed by atoms with van der Waals surface area (Å²) in [6.07, 6.45) is 0.922. The molecule has 18 heavy (non-hydrogen) atoms. The van der Waals surface area contributed by atoms with Gasteiger partial charge in [-0.2, -0.15) is 0 Å². The van der Waals surface area contributed by atoms with Crippen LogP contribution >= 0.6 is 0 Å². The molecule has 0 fully saturated rings. The molecule has 2 aromatic carbocycles. The first-order valence-corrected chi connectivity index (χ1v) is 6.28. The van der Waals surface area contributed by atoms with Gasteiger partial charge < -0.3 is 0 Å². The predicted octanol–water partition coefficient (Wildman–Crippen LogP) is 4.60. The van der Waals surface area contributed by atoms with E-state index in [0.29, 0.717) is 5.92 Å². The van der Waals surface area contributed by atoms with Crippen molar-refractivity contribution in [2.24, 2.45) is 0 Å². The quantitative estimate of drug-likeness (QED) is 0.714. The monoisotopic (exact) mass is 238 g/mol. The zero-order chi connectivity index (χ0) is 13.1. The lowest BCUT2D eigenvalue weighted by Crippen LogP contribution is -1.90. The molecule has 0 saturated carbocycles. The minimum Gasteiger partial charge on any atom is -0.298 e. The molecule has 0 aliphatic rings. The summed E-state index contributed by atoms with van der Waals surface area (Å²) in [5, 5.41) is 0. The normalized spacial score (nSPS) is 10.7. The molecule has 0 aromatic heterocycles. The minimum atomic E-state index is 0.515. The molecule has 0 aliphatic heterocycles. The average molecular weight is 238 g/mol. The number of carbonyl (C=O) groups excluding carboxylic acids is 1. The van der Waals surface area contributed by atoms with Crippen molar-refractivity contribution in [1.82, 2.24) is 0 Å². The Morgan fingerprint density at radius 1 is 1.00 bits per heavy atom. The third-order valence-electron chi connectivity index (χ3n) is 3.29. The van der Waals surface area contributed by atoms with Crippen LogP contribution in [0.25, 0.3) is 11.1 Å². The standard InChI is InChI=1S/C17H18O/c1-12(2)14-5-4-6-15(9-14)16-8-7-13(3)17(10-16)11-18/h4-12H,1-3H3. The lowest BCUT2D eigenvalue weighted by molar-refractivity contribution is 0.112. The van der Waals surface area contributed by atoms with E-state index in [1.807, 2.05) is 19.1 Å². The van der Waals surface area contributed by atoms with E-state index in [1.54, 1.807) is 0 Å². The Morgan fingerprint density at radius 3 is 2.39 bits per heavy atom. The summed E-state index contributed by atoms with van der Waals surface area (Å²) in [5.41, 5.74) is 5.38. The summed E-state index contributed by atoms with van der Waals surface area (Å²) >= 11 is 0. The second-order valence-electron chi connectivity index (χ2n) is 4.97. The first kappa shape index (κ1) is 12.6. The van der Waals surface area contributed by atoms with Gasteiger partial charge in [0.25, 0.3) is 0 Å². The van der Waals surface area contributed by atoms with Crippen molar-refractivity contribution < 1.29 is 4.79 Å². The second-order valence-corrected chi connectivity index (χ2v) is 4.97. The molecule has 0 saturated heterocycles. The Bertz CT molecular complexity index is 568. The third kappa shape index (κ3) is 2.51. The molecule has 0 unspecified atom stereocenters. The van der Waals surface area contributed by atoms with Gasteiger partial charge in [0.2, 0.25) is 0 Å². The highest BCUT2D eigenvalue weighted by Crippen LogP contribution is 2.25. The van der Waals surface area contributed by atoms with Gasteiger partial charge in [0.15, 0.2) is 0 Å². The first-order valence-electron chi connectivity index (χ1n) is 6.28. The maximum Gasteiger partial charge on any atom is 0.150 e. The van der Waals surface area contributed by atoms with E-state index in [9.17, 15) is 4.79 Å². The largest absolute Gasteiger partial charge is 0.298 e. The van der Waals surface area contributed by atoms with Crippen LogP contribution in [0.1, 0.15) is 41.3 Å². The molecule has 0 heterocycles. The zero-order valence-corrected chi connectivity index (χ0v) is 11.1. The van der Waals surface area contributed by atoms with Crippen LogP contribution in [-0.2, 0) is 0 Å². The predicted molar refractivity (Wildman–Crippen MR) is 76.1 cm³/mol. The molecule has 2 aromatic rings. The fraction of sp³-hybridized carbons (Fsp3) is 0.235. The van der Waals surface area contributed by atoms with E-state index >= 15 is 0 Å². The Labute approximate surface area is 108 Å². The average Bonchev–Trinajstić information content (AvgIpc) is 2.39. The Morgan fingerprint density at radius 2 is 1.72 bits per heavy atom. The topological polar surface area (TPSA) is 17.1 Å². The molecule has 0 N–H and O–H groups in total. The number of rotatable bonds is 3. The summed E-state index contributed by atoms with van der Waals surface area (Å²) < 4.78 is 0. The zero-order valence-electron chi connectivity index (χ0n) is 11.1. The fourth-order valence-corrected chi connectivity index (χ4v) is 2.02. The van der Waals surface area contributed by atoms with Gasteiger partial charge in [0.1, 0.15) is 6.29 Å². The Balaban J connectivity index is 2.48. The van der Waals surface area contributed by atoms with E-state index < -0.39 is 0 Å². The molecule has 0 bridgehead atoms. The van der Waals surface area contributed by atoms with E-state index in [4.69, 9.17) is 0 Å². The third-order valence-corrected chi connectivity index (χ3v) is 3.29. The van der Waals surface area contributed by atoms with Crippen molar-refractivity contribution in [3.63, 3.8) is 0 Å². The van der Waals surface area contributed by atoms with Gasteiger partial charge in [-0.05, 0) is 41.2 Å². The summed E-state index contributed by atoms with van der Waals surface area (Å²) in [6, 6.07) is 14.5. The van der Waals surface area contributed by atoms with Crippen LogP contribution in [0.2, 0.25) is 0 Å². The van der Waals surface area contributed by atoms with E-state index in [0.717, 1.165) is 23.0 Å². The maximum absolute atomic E-state index is 11.0. The van der Waals surface area contributed by atoms with Crippen LogP contribution in [0.5, 0.6) is 0 Å². The highest BCUT2D eigenvalue weighted by molar-refractivity contribution is 5.81. The van der Waals surface area contributed by atoms with Crippen LogP contribution in [-0.4, -0.2) is 6.29 Å². The Hall–Kier alpha value is -1.89. The van der Waals surface area contributed by atoms with Crippen molar-refractivity contribution in [1.29, 1.82) is 0 Å². The molecule has 0 radical (unpaired) electrons. The van der Waals surface area contributed by atoms with Gasteiger partial charge >= 0.3 is 0 Å². The summed E-state index contributed by atoms with van der Waals surface area (Å²) in [7, 11) is 0. The van der Waals surface area contributed by atoms with Gasteiger partial charge in [-0.15, -0.1) is 0 Å². The van der Waals surface area contributed by atoms with Gasteiger partial charge in [0, 0.05) is 5.56 Å². The van der Waals surface area contributed by atoms with Gasteiger partial charge in [-0.3, -0.25) is 4.79 Å².